The minimum atomic E-state index is 0.00193. The highest BCUT2D eigenvalue weighted by Crippen LogP contribution is 2.39. The highest BCUT2D eigenvalue weighted by molar-refractivity contribution is 5.69. The molecule has 0 N–H and O–H groups in total. The maximum atomic E-state index is 12.5. The first-order valence-electron chi connectivity index (χ1n) is 20.1. The van der Waals surface area contributed by atoms with Gasteiger partial charge in [-0.05, 0) is 74.9 Å². The summed E-state index contributed by atoms with van der Waals surface area (Å²) in [5.74, 6) is 0.710. The molecule has 2 rings (SSSR count). The predicted molar refractivity (Wildman–Crippen MR) is 197 cm³/mol. The summed E-state index contributed by atoms with van der Waals surface area (Å²) in [7, 11) is 0. The summed E-state index contributed by atoms with van der Waals surface area (Å²) in [4.78, 5) is 15.2. The van der Waals surface area contributed by atoms with Gasteiger partial charge in [0.05, 0.1) is 6.61 Å². The molecule has 4 heteroatoms. The third-order valence-corrected chi connectivity index (χ3v) is 10.6. The molecule has 1 unspecified atom stereocenters. The van der Waals surface area contributed by atoms with Gasteiger partial charge in [-0.25, -0.2) is 0 Å². The van der Waals surface area contributed by atoms with E-state index in [2.05, 4.69) is 56.0 Å². The molecule has 0 bridgehead atoms. The van der Waals surface area contributed by atoms with Crippen LogP contribution >= 0.6 is 0 Å². The van der Waals surface area contributed by atoms with E-state index >= 15 is 0 Å². The van der Waals surface area contributed by atoms with Crippen LogP contribution in [-0.2, 0) is 20.8 Å². The Bertz CT molecular complexity index is 819. The number of rotatable bonds is 30. The average molecular weight is 642 g/mol. The van der Waals surface area contributed by atoms with Crippen molar-refractivity contribution in [3.8, 4) is 0 Å². The number of piperidine rings is 1. The van der Waals surface area contributed by atoms with Crippen LogP contribution in [0.3, 0.4) is 0 Å². The van der Waals surface area contributed by atoms with Gasteiger partial charge >= 0.3 is 5.97 Å². The van der Waals surface area contributed by atoms with Crippen molar-refractivity contribution in [1.29, 1.82) is 0 Å². The summed E-state index contributed by atoms with van der Waals surface area (Å²) in [6.07, 6.45) is 29.8. The van der Waals surface area contributed by atoms with Gasteiger partial charge in [0.2, 0.25) is 0 Å². The van der Waals surface area contributed by atoms with E-state index in [4.69, 9.17) is 9.47 Å². The second-order valence-electron chi connectivity index (χ2n) is 14.7. The standard InChI is InChI=1S/C42H75NO3/c1-4-7-10-13-15-17-23-28-41(44)46-36-32-42(29-33-43(34-30-42)37-39-24-21-18-22-25-39)31-35-45-38-40(26-19-12-9-6-3)27-20-16-14-11-8-5-2/h18,21-22,24-25,40H,4-17,19-20,23,26-38H2,1-3H3. The fraction of sp³-hybridized carbons (Fsp3) is 0.833. The van der Waals surface area contributed by atoms with Crippen molar-refractivity contribution in [1.82, 2.24) is 4.90 Å². The Morgan fingerprint density at radius 1 is 0.696 bits per heavy atom. The highest BCUT2D eigenvalue weighted by atomic mass is 16.5. The molecule has 1 heterocycles. The summed E-state index contributed by atoms with van der Waals surface area (Å²) in [6.45, 7) is 12.4. The number of carbonyl (C=O) groups excluding carboxylic acids is 1. The molecule has 1 aliphatic heterocycles. The molecule has 0 spiro atoms. The predicted octanol–water partition coefficient (Wildman–Crippen LogP) is 12.1. The molecule has 0 aliphatic carbocycles. The van der Waals surface area contributed by atoms with Gasteiger partial charge in [-0.15, -0.1) is 0 Å². The molecule has 4 nitrogen and oxygen atoms in total. The van der Waals surface area contributed by atoms with E-state index in [1.165, 1.54) is 115 Å². The van der Waals surface area contributed by atoms with Gasteiger partial charge in [-0.1, -0.05) is 154 Å². The SMILES string of the molecule is CCCCCCCCCC(=O)OCCC1(CCOCC(CCCCCC)CCCCCCCC)CCN(Cc2ccccc2)CC1. The Morgan fingerprint density at radius 3 is 1.83 bits per heavy atom. The van der Waals surface area contributed by atoms with Crippen molar-refractivity contribution in [2.45, 2.75) is 181 Å². The van der Waals surface area contributed by atoms with Gasteiger partial charge in [-0.2, -0.15) is 0 Å². The first kappa shape index (κ1) is 40.8. The van der Waals surface area contributed by atoms with Gasteiger partial charge in [0, 0.05) is 26.2 Å². The van der Waals surface area contributed by atoms with Gasteiger partial charge < -0.3 is 9.47 Å². The molecule has 0 aromatic heterocycles. The zero-order valence-electron chi connectivity index (χ0n) is 30.8. The lowest BCUT2D eigenvalue weighted by molar-refractivity contribution is -0.145. The Hall–Kier alpha value is -1.39. The number of hydrogen-bond donors (Lipinski definition) is 0. The van der Waals surface area contributed by atoms with Crippen LogP contribution in [0.4, 0.5) is 0 Å². The Balaban J connectivity index is 1.81. The number of unbranched alkanes of at least 4 members (excludes halogenated alkanes) is 14. The first-order chi connectivity index (χ1) is 22.6. The lowest BCUT2D eigenvalue weighted by Crippen LogP contribution is -2.41. The van der Waals surface area contributed by atoms with Crippen molar-refractivity contribution >= 4 is 5.97 Å². The molecule has 1 aromatic carbocycles. The van der Waals surface area contributed by atoms with Crippen LogP contribution in [0.5, 0.6) is 0 Å². The second-order valence-corrected chi connectivity index (χ2v) is 14.7. The molecule has 0 saturated carbocycles. The van der Waals surface area contributed by atoms with Crippen LogP contribution in [0.1, 0.15) is 180 Å². The maximum absolute atomic E-state index is 12.5. The van der Waals surface area contributed by atoms with Crippen LogP contribution in [-0.4, -0.2) is 43.8 Å². The monoisotopic (exact) mass is 642 g/mol. The normalized spacial score (nSPS) is 15.6. The third-order valence-electron chi connectivity index (χ3n) is 10.6. The number of esters is 1. The smallest absolute Gasteiger partial charge is 0.305 e. The Kier molecular flexibility index (Phi) is 24.4. The van der Waals surface area contributed by atoms with E-state index < -0.39 is 0 Å². The minimum Gasteiger partial charge on any atom is -0.466 e. The number of benzene rings is 1. The summed E-state index contributed by atoms with van der Waals surface area (Å²) in [5.41, 5.74) is 1.61. The first-order valence-corrected chi connectivity index (χ1v) is 20.1. The zero-order chi connectivity index (χ0) is 33.0. The summed E-state index contributed by atoms with van der Waals surface area (Å²) in [5, 5.41) is 0. The van der Waals surface area contributed by atoms with Crippen LogP contribution in [0, 0.1) is 11.3 Å². The van der Waals surface area contributed by atoms with Crippen molar-refractivity contribution in [2.24, 2.45) is 11.3 Å². The molecular formula is C42H75NO3. The fourth-order valence-electron chi connectivity index (χ4n) is 7.25. The molecule has 0 amide bonds. The van der Waals surface area contributed by atoms with E-state index in [0.29, 0.717) is 18.9 Å². The number of ether oxygens (including phenoxy) is 2. The highest BCUT2D eigenvalue weighted by Gasteiger charge is 2.34. The molecule has 1 atom stereocenters. The van der Waals surface area contributed by atoms with Crippen LogP contribution < -0.4 is 0 Å². The van der Waals surface area contributed by atoms with Crippen LogP contribution in [0.15, 0.2) is 30.3 Å². The Morgan fingerprint density at radius 2 is 1.22 bits per heavy atom. The van der Waals surface area contributed by atoms with Crippen molar-refractivity contribution in [3.63, 3.8) is 0 Å². The molecule has 1 fully saturated rings. The average Bonchev–Trinajstić information content (AvgIpc) is 3.07. The quantitative estimate of drug-likeness (QED) is 0.0619. The number of nitrogens with zero attached hydrogens (tertiary/aromatic N) is 1. The van der Waals surface area contributed by atoms with Gasteiger partial charge in [0.25, 0.3) is 0 Å². The van der Waals surface area contributed by atoms with Crippen molar-refractivity contribution < 1.29 is 14.3 Å². The van der Waals surface area contributed by atoms with E-state index in [9.17, 15) is 4.79 Å². The van der Waals surface area contributed by atoms with Crippen molar-refractivity contribution in [2.75, 3.05) is 32.9 Å². The molecule has 0 radical (unpaired) electrons. The molecule has 46 heavy (non-hydrogen) atoms. The number of likely N-dealkylation sites (tertiary alicyclic amines) is 1. The lowest BCUT2D eigenvalue weighted by Gasteiger charge is -2.42. The minimum absolute atomic E-state index is 0.00193. The van der Waals surface area contributed by atoms with E-state index in [-0.39, 0.29) is 11.4 Å². The topological polar surface area (TPSA) is 38.8 Å². The summed E-state index contributed by atoms with van der Waals surface area (Å²) < 4.78 is 12.3. The number of carbonyl (C=O) groups is 1. The van der Waals surface area contributed by atoms with Crippen LogP contribution in [0.25, 0.3) is 0 Å². The van der Waals surface area contributed by atoms with E-state index in [1.807, 2.05) is 0 Å². The van der Waals surface area contributed by atoms with Gasteiger partial charge in [0.1, 0.15) is 0 Å². The molecule has 1 saturated heterocycles. The maximum Gasteiger partial charge on any atom is 0.305 e. The van der Waals surface area contributed by atoms with Gasteiger partial charge in [-0.3, -0.25) is 9.69 Å². The van der Waals surface area contributed by atoms with E-state index in [1.54, 1.807) is 0 Å². The molecule has 266 valence electrons. The third kappa shape index (κ3) is 20.1. The number of hydrogen-bond acceptors (Lipinski definition) is 4. The van der Waals surface area contributed by atoms with Crippen molar-refractivity contribution in [3.05, 3.63) is 35.9 Å². The second kappa shape index (κ2) is 27.5. The fourth-order valence-corrected chi connectivity index (χ4v) is 7.25. The molecule has 1 aromatic rings. The summed E-state index contributed by atoms with van der Waals surface area (Å²) in [6, 6.07) is 10.9. The Labute approximate surface area is 286 Å². The van der Waals surface area contributed by atoms with Crippen LogP contribution in [0.2, 0.25) is 0 Å². The zero-order valence-corrected chi connectivity index (χ0v) is 30.8. The van der Waals surface area contributed by atoms with E-state index in [0.717, 1.165) is 71.4 Å². The largest absolute Gasteiger partial charge is 0.466 e. The molecule has 1 aliphatic rings. The molecular weight excluding hydrogens is 566 g/mol. The van der Waals surface area contributed by atoms with Gasteiger partial charge in [0.15, 0.2) is 0 Å². The summed E-state index contributed by atoms with van der Waals surface area (Å²) >= 11 is 0. The lowest BCUT2D eigenvalue weighted by atomic mass is 9.73.